The molecule has 3 rings (SSSR count). The van der Waals surface area contributed by atoms with Crippen molar-refractivity contribution in [3.05, 3.63) is 42.0 Å². The monoisotopic (exact) mass is 407 g/mol. The lowest BCUT2D eigenvalue weighted by atomic mass is 10.1. The standard InChI is InChI=1S/C23H29N5O2/c1-6-23(5,29)13-12-19-26-21(20-22(27-19)28(15-25-20)16(3)4)24-14-17-8-10-18(11-9-17)30-7-2/h8-11,15-16,29H,6-7,14H2,1-5H3,(H,24,26,27)/t23-/m0/s1. The molecule has 0 aliphatic heterocycles. The van der Waals surface area contributed by atoms with Crippen molar-refractivity contribution in [2.45, 2.75) is 59.2 Å². The SMILES string of the molecule is CCOc1ccc(CNc2nc(C#C[C@@](C)(O)CC)nc3c2ncn3C(C)C)cc1. The number of aromatic nitrogens is 4. The summed E-state index contributed by atoms with van der Waals surface area (Å²) in [5.41, 5.74) is 1.43. The molecule has 1 aromatic carbocycles. The molecule has 158 valence electrons. The smallest absolute Gasteiger partial charge is 0.209 e. The third-order valence-corrected chi connectivity index (χ3v) is 4.80. The highest BCUT2D eigenvalue weighted by molar-refractivity contribution is 5.83. The van der Waals surface area contributed by atoms with E-state index in [1.165, 1.54) is 0 Å². The van der Waals surface area contributed by atoms with E-state index < -0.39 is 5.60 Å². The minimum absolute atomic E-state index is 0.198. The van der Waals surface area contributed by atoms with Gasteiger partial charge in [0.25, 0.3) is 0 Å². The van der Waals surface area contributed by atoms with Crippen molar-refractivity contribution < 1.29 is 9.84 Å². The normalized spacial score (nSPS) is 13.0. The molecule has 0 saturated heterocycles. The number of nitrogens with one attached hydrogen (secondary N) is 1. The Morgan fingerprint density at radius 3 is 2.57 bits per heavy atom. The van der Waals surface area contributed by atoms with Crippen LogP contribution in [-0.4, -0.2) is 36.8 Å². The van der Waals surface area contributed by atoms with Crippen molar-refractivity contribution in [1.29, 1.82) is 0 Å². The van der Waals surface area contributed by atoms with Gasteiger partial charge in [-0.1, -0.05) is 25.0 Å². The number of imidazole rings is 1. The summed E-state index contributed by atoms with van der Waals surface area (Å²) in [6, 6.07) is 8.13. The van der Waals surface area contributed by atoms with Gasteiger partial charge in [-0.25, -0.2) is 15.0 Å². The van der Waals surface area contributed by atoms with Crippen molar-refractivity contribution >= 4 is 17.0 Å². The molecule has 30 heavy (non-hydrogen) atoms. The molecule has 0 spiro atoms. The molecule has 0 bridgehead atoms. The maximum absolute atomic E-state index is 10.2. The molecule has 1 atom stereocenters. The third-order valence-electron chi connectivity index (χ3n) is 4.80. The zero-order valence-electron chi connectivity index (χ0n) is 18.2. The molecule has 0 fully saturated rings. The quantitative estimate of drug-likeness (QED) is 0.577. The van der Waals surface area contributed by atoms with Crippen LogP contribution in [0, 0.1) is 11.8 Å². The van der Waals surface area contributed by atoms with Crippen LogP contribution in [0.4, 0.5) is 5.82 Å². The number of anilines is 1. The zero-order chi connectivity index (χ0) is 21.7. The van der Waals surface area contributed by atoms with Gasteiger partial charge in [0.2, 0.25) is 5.82 Å². The van der Waals surface area contributed by atoms with Crippen LogP contribution in [0.1, 0.15) is 58.5 Å². The Labute approximate surface area is 177 Å². The fourth-order valence-corrected chi connectivity index (χ4v) is 2.81. The lowest BCUT2D eigenvalue weighted by Gasteiger charge is -2.12. The van der Waals surface area contributed by atoms with Crippen LogP contribution in [-0.2, 0) is 6.54 Å². The van der Waals surface area contributed by atoms with Gasteiger partial charge in [-0.05, 0) is 57.7 Å². The summed E-state index contributed by atoms with van der Waals surface area (Å²) >= 11 is 0. The van der Waals surface area contributed by atoms with Gasteiger partial charge in [0.1, 0.15) is 11.4 Å². The van der Waals surface area contributed by atoms with Crippen LogP contribution in [0.2, 0.25) is 0 Å². The van der Waals surface area contributed by atoms with Crippen molar-refractivity contribution in [2.75, 3.05) is 11.9 Å². The van der Waals surface area contributed by atoms with Gasteiger partial charge in [0.05, 0.1) is 12.9 Å². The maximum Gasteiger partial charge on any atom is 0.209 e. The number of benzene rings is 1. The number of aliphatic hydroxyl groups is 1. The zero-order valence-corrected chi connectivity index (χ0v) is 18.2. The summed E-state index contributed by atoms with van der Waals surface area (Å²) in [7, 11) is 0. The Morgan fingerprint density at radius 1 is 1.20 bits per heavy atom. The van der Waals surface area contributed by atoms with E-state index in [0.717, 1.165) is 17.0 Å². The predicted molar refractivity (Wildman–Crippen MR) is 118 cm³/mol. The molecular formula is C23H29N5O2. The van der Waals surface area contributed by atoms with Crippen molar-refractivity contribution in [3.8, 4) is 17.6 Å². The molecule has 0 aliphatic rings. The van der Waals surface area contributed by atoms with Crippen LogP contribution in [0.5, 0.6) is 5.75 Å². The van der Waals surface area contributed by atoms with E-state index in [4.69, 9.17) is 4.74 Å². The van der Waals surface area contributed by atoms with Gasteiger partial charge in [-0.3, -0.25) is 0 Å². The Hall–Kier alpha value is -3.11. The van der Waals surface area contributed by atoms with E-state index >= 15 is 0 Å². The minimum atomic E-state index is -1.08. The van der Waals surface area contributed by atoms with E-state index in [1.54, 1.807) is 13.3 Å². The number of fused-ring (bicyclic) bond motifs is 1. The minimum Gasteiger partial charge on any atom is -0.494 e. The van der Waals surface area contributed by atoms with Crippen LogP contribution in [0.3, 0.4) is 0 Å². The van der Waals surface area contributed by atoms with E-state index in [1.807, 2.05) is 42.7 Å². The molecule has 0 saturated carbocycles. The first kappa shape index (κ1) is 21.6. The molecule has 3 aromatic rings. The molecule has 0 aliphatic carbocycles. The summed E-state index contributed by atoms with van der Waals surface area (Å²) in [6.07, 6.45) is 2.29. The van der Waals surface area contributed by atoms with Crippen molar-refractivity contribution in [3.63, 3.8) is 0 Å². The lowest BCUT2D eigenvalue weighted by molar-refractivity contribution is 0.118. The molecule has 0 amide bonds. The largest absolute Gasteiger partial charge is 0.494 e. The predicted octanol–water partition coefficient (Wildman–Crippen LogP) is 3.93. The average molecular weight is 408 g/mol. The van der Waals surface area contributed by atoms with Gasteiger partial charge in [0, 0.05) is 12.6 Å². The number of nitrogens with zero attached hydrogens (tertiary/aromatic N) is 4. The molecule has 0 radical (unpaired) electrons. The average Bonchev–Trinajstić information content (AvgIpc) is 3.16. The molecule has 2 aromatic heterocycles. The fourth-order valence-electron chi connectivity index (χ4n) is 2.81. The molecule has 2 N–H and O–H groups in total. The van der Waals surface area contributed by atoms with Crippen molar-refractivity contribution in [2.24, 2.45) is 0 Å². The van der Waals surface area contributed by atoms with Crippen LogP contribution in [0.15, 0.2) is 30.6 Å². The molecule has 0 unspecified atom stereocenters. The van der Waals surface area contributed by atoms with E-state index in [0.29, 0.717) is 36.7 Å². The van der Waals surface area contributed by atoms with E-state index in [2.05, 4.69) is 46.0 Å². The topological polar surface area (TPSA) is 85.1 Å². The second-order valence-electron chi connectivity index (χ2n) is 7.62. The number of hydrogen-bond acceptors (Lipinski definition) is 6. The van der Waals surface area contributed by atoms with E-state index in [9.17, 15) is 5.11 Å². The van der Waals surface area contributed by atoms with Gasteiger partial charge >= 0.3 is 0 Å². The highest BCUT2D eigenvalue weighted by atomic mass is 16.5. The first-order valence-electron chi connectivity index (χ1n) is 10.3. The summed E-state index contributed by atoms with van der Waals surface area (Å²) in [4.78, 5) is 13.7. The summed E-state index contributed by atoms with van der Waals surface area (Å²) in [5.74, 6) is 7.61. The second-order valence-corrected chi connectivity index (χ2v) is 7.62. The van der Waals surface area contributed by atoms with Gasteiger partial charge in [0.15, 0.2) is 17.0 Å². The van der Waals surface area contributed by atoms with Gasteiger partial charge in [-0.2, -0.15) is 0 Å². The first-order chi connectivity index (χ1) is 14.3. The second kappa shape index (κ2) is 9.14. The fraction of sp³-hybridized carbons (Fsp3) is 0.435. The Bertz CT molecular complexity index is 1060. The van der Waals surface area contributed by atoms with E-state index in [-0.39, 0.29) is 6.04 Å². The highest BCUT2D eigenvalue weighted by Crippen LogP contribution is 2.23. The first-order valence-corrected chi connectivity index (χ1v) is 10.3. The number of rotatable bonds is 7. The number of ether oxygens (including phenoxy) is 1. The summed E-state index contributed by atoms with van der Waals surface area (Å²) in [5, 5.41) is 13.6. The van der Waals surface area contributed by atoms with Crippen LogP contribution in [0.25, 0.3) is 11.2 Å². The van der Waals surface area contributed by atoms with Gasteiger partial charge < -0.3 is 19.7 Å². The molecule has 2 heterocycles. The lowest BCUT2D eigenvalue weighted by Crippen LogP contribution is -2.19. The maximum atomic E-state index is 10.2. The molecule has 7 heteroatoms. The summed E-state index contributed by atoms with van der Waals surface area (Å²) < 4.78 is 7.48. The number of hydrogen-bond donors (Lipinski definition) is 2. The van der Waals surface area contributed by atoms with Crippen LogP contribution < -0.4 is 10.1 Å². The Kier molecular flexibility index (Phi) is 6.58. The highest BCUT2D eigenvalue weighted by Gasteiger charge is 2.16. The van der Waals surface area contributed by atoms with Gasteiger partial charge in [-0.15, -0.1) is 0 Å². The Morgan fingerprint density at radius 2 is 1.93 bits per heavy atom. The van der Waals surface area contributed by atoms with Crippen LogP contribution >= 0.6 is 0 Å². The van der Waals surface area contributed by atoms with Crippen molar-refractivity contribution in [1.82, 2.24) is 19.5 Å². The molecular weight excluding hydrogens is 378 g/mol. The molecule has 7 nitrogen and oxygen atoms in total. The third kappa shape index (κ3) is 5.08. The Balaban J connectivity index is 1.93. The summed E-state index contributed by atoms with van der Waals surface area (Å²) in [6.45, 7) is 10.9.